The fraction of sp³-hybridized carbons (Fsp3) is 0.568. The average Bonchev–Trinajstić information content (AvgIpc) is 3.46. The fourth-order valence-electron chi connectivity index (χ4n) is 6.23. The predicted octanol–water partition coefficient (Wildman–Crippen LogP) is 8.41. The van der Waals surface area contributed by atoms with E-state index in [1.807, 2.05) is 35.6 Å². The summed E-state index contributed by atoms with van der Waals surface area (Å²) in [5, 5.41) is 3.09. The third-order valence-electron chi connectivity index (χ3n) is 8.81. The molecule has 1 aliphatic rings. The van der Waals surface area contributed by atoms with Crippen LogP contribution in [0.4, 0.5) is 0 Å². The molecular weight excluding hydrogens is 582 g/mol. The van der Waals surface area contributed by atoms with Crippen molar-refractivity contribution in [1.82, 2.24) is 14.4 Å². The summed E-state index contributed by atoms with van der Waals surface area (Å²) in [6.07, 6.45) is 12.0. The zero-order valence-corrected chi connectivity index (χ0v) is 28.7. The Hall–Kier alpha value is -3.10. The molecule has 4 rings (SSSR count). The third kappa shape index (κ3) is 10.2. The molecule has 246 valence electrons. The molecule has 1 atom stereocenters. The molecule has 8 heteroatoms. The molecule has 3 aromatic rings. The van der Waals surface area contributed by atoms with E-state index in [0.717, 1.165) is 76.0 Å². The number of rotatable bonds is 18. The maximum Gasteiger partial charge on any atom is 0.307 e. The Bertz CT molecular complexity index is 1440. The van der Waals surface area contributed by atoms with E-state index in [4.69, 9.17) is 9.47 Å². The maximum atomic E-state index is 12.9. The Morgan fingerprint density at radius 2 is 1.69 bits per heavy atom. The molecule has 1 saturated heterocycles. The Labute approximate surface area is 273 Å². The van der Waals surface area contributed by atoms with Crippen molar-refractivity contribution in [1.29, 1.82) is 0 Å². The van der Waals surface area contributed by atoms with E-state index in [2.05, 4.69) is 48.1 Å². The van der Waals surface area contributed by atoms with Crippen molar-refractivity contribution in [3.63, 3.8) is 0 Å². The van der Waals surface area contributed by atoms with Gasteiger partial charge in [-0.05, 0) is 81.6 Å². The van der Waals surface area contributed by atoms with Gasteiger partial charge < -0.3 is 14.4 Å². The molecule has 3 heterocycles. The van der Waals surface area contributed by atoms with Gasteiger partial charge in [0.05, 0.1) is 12.1 Å². The lowest BCUT2D eigenvalue weighted by atomic mass is 10.1. The van der Waals surface area contributed by atoms with Gasteiger partial charge in [-0.1, -0.05) is 51.5 Å². The van der Waals surface area contributed by atoms with Crippen LogP contribution in [0.15, 0.2) is 52.6 Å². The number of aryl methyl sites for hydroxylation is 1. The highest BCUT2D eigenvalue weighted by molar-refractivity contribution is 7.10. The number of aromatic nitrogens is 1. The summed E-state index contributed by atoms with van der Waals surface area (Å²) >= 11 is 1.81. The van der Waals surface area contributed by atoms with Gasteiger partial charge in [0.2, 0.25) is 0 Å². The smallest absolute Gasteiger partial charge is 0.307 e. The molecule has 0 amide bonds. The molecule has 0 saturated carbocycles. The van der Waals surface area contributed by atoms with Crippen LogP contribution in [-0.2, 0) is 9.53 Å². The fourth-order valence-corrected chi connectivity index (χ4v) is 6.93. The Morgan fingerprint density at radius 3 is 2.40 bits per heavy atom. The van der Waals surface area contributed by atoms with Gasteiger partial charge in [-0.2, -0.15) is 0 Å². The number of thiophene rings is 1. The molecule has 7 nitrogen and oxygen atoms in total. The number of hydrogen-bond acceptors (Lipinski definition) is 7. The summed E-state index contributed by atoms with van der Waals surface area (Å²) in [6, 6.07) is 11.4. The van der Waals surface area contributed by atoms with Gasteiger partial charge in [-0.25, -0.2) is 0 Å². The van der Waals surface area contributed by atoms with Crippen LogP contribution in [0.25, 0.3) is 16.6 Å². The number of esters is 1. The molecule has 0 N–H and O–H groups in total. The first-order valence-corrected chi connectivity index (χ1v) is 17.9. The molecule has 0 aliphatic carbocycles. The minimum atomic E-state index is -0.688. The van der Waals surface area contributed by atoms with Crippen molar-refractivity contribution < 1.29 is 14.3 Å². The molecule has 1 unspecified atom stereocenters. The molecule has 0 radical (unpaired) electrons. The molecule has 45 heavy (non-hydrogen) atoms. The van der Waals surface area contributed by atoms with Gasteiger partial charge in [0.25, 0.3) is 5.56 Å². The number of hydrogen-bond donors (Lipinski definition) is 0. The van der Waals surface area contributed by atoms with Gasteiger partial charge in [0, 0.05) is 60.9 Å². The lowest BCUT2D eigenvalue weighted by Crippen LogP contribution is -2.45. The summed E-state index contributed by atoms with van der Waals surface area (Å²) in [5.41, 5.74) is 3.25. The van der Waals surface area contributed by atoms with Gasteiger partial charge in [-0.3, -0.25) is 19.1 Å². The second kappa shape index (κ2) is 18.1. The van der Waals surface area contributed by atoms with E-state index in [0.29, 0.717) is 18.5 Å². The quantitative estimate of drug-likeness (QED) is 0.103. The monoisotopic (exact) mass is 635 g/mol. The largest absolute Gasteiger partial charge is 0.494 e. The number of unbranched alkanes of at least 4 members (excludes halogenated alkanes) is 7. The molecule has 2 aromatic heterocycles. The topological polar surface area (TPSA) is 64.0 Å². The van der Waals surface area contributed by atoms with Crippen LogP contribution in [0, 0.1) is 6.92 Å². The van der Waals surface area contributed by atoms with E-state index in [9.17, 15) is 9.59 Å². The van der Waals surface area contributed by atoms with Crippen molar-refractivity contribution in [3.05, 3.63) is 68.6 Å². The SMILES string of the molecule is CC=C(c1ccsc1C)N1CCN(CCCCOc2ccc3ccc(=O)n(C(C)OC(=O)CCCCCCCCC)c3c2)CC1. The maximum absolute atomic E-state index is 12.9. The highest BCUT2D eigenvalue weighted by Gasteiger charge is 2.20. The number of fused-ring (bicyclic) bond motifs is 1. The first-order chi connectivity index (χ1) is 21.9. The number of nitrogens with zero attached hydrogens (tertiary/aromatic N) is 3. The third-order valence-corrected chi connectivity index (χ3v) is 9.66. The summed E-state index contributed by atoms with van der Waals surface area (Å²) in [7, 11) is 0. The zero-order valence-electron chi connectivity index (χ0n) is 27.9. The molecule has 0 bridgehead atoms. The van der Waals surface area contributed by atoms with Crippen LogP contribution in [0.3, 0.4) is 0 Å². The average molecular weight is 636 g/mol. The van der Waals surface area contributed by atoms with Crippen molar-refractivity contribution in [2.45, 2.75) is 98.1 Å². The lowest BCUT2D eigenvalue weighted by molar-refractivity contribution is -0.152. The van der Waals surface area contributed by atoms with Gasteiger partial charge in [0.15, 0.2) is 6.23 Å². The van der Waals surface area contributed by atoms with Crippen LogP contribution < -0.4 is 10.3 Å². The number of carbonyl (C=O) groups is 1. The van der Waals surface area contributed by atoms with Crippen molar-refractivity contribution in [3.8, 4) is 5.75 Å². The highest BCUT2D eigenvalue weighted by atomic mass is 32.1. The number of benzene rings is 1. The number of carbonyl (C=O) groups excluding carboxylic acids is 1. The van der Waals surface area contributed by atoms with Gasteiger partial charge >= 0.3 is 5.97 Å². The minimum absolute atomic E-state index is 0.192. The van der Waals surface area contributed by atoms with Crippen LogP contribution in [0.1, 0.15) is 102 Å². The first kappa shape index (κ1) is 34.8. The van der Waals surface area contributed by atoms with Crippen molar-refractivity contribution >= 4 is 33.9 Å². The van der Waals surface area contributed by atoms with E-state index < -0.39 is 6.23 Å². The Kier molecular flexibility index (Phi) is 14.0. The van der Waals surface area contributed by atoms with Crippen molar-refractivity contribution in [2.24, 2.45) is 0 Å². The summed E-state index contributed by atoms with van der Waals surface area (Å²) in [5.74, 6) is 0.466. The number of ether oxygens (including phenoxy) is 2. The lowest BCUT2D eigenvalue weighted by Gasteiger charge is -2.37. The number of pyridine rings is 1. The van der Waals surface area contributed by atoms with Crippen LogP contribution in [-0.4, -0.2) is 59.7 Å². The Morgan fingerprint density at radius 1 is 0.956 bits per heavy atom. The van der Waals surface area contributed by atoms with E-state index in [1.165, 1.54) is 47.9 Å². The van der Waals surface area contributed by atoms with Crippen LogP contribution in [0.2, 0.25) is 0 Å². The van der Waals surface area contributed by atoms with Crippen molar-refractivity contribution in [2.75, 3.05) is 39.3 Å². The van der Waals surface area contributed by atoms with Gasteiger partial charge in [0.1, 0.15) is 5.75 Å². The molecule has 1 fully saturated rings. The van der Waals surface area contributed by atoms with Gasteiger partial charge in [-0.15, -0.1) is 11.3 Å². The van der Waals surface area contributed by atoms with E-state index >= 15 is 0 Å². The highest BCUT2D eigenvalue weighted by Crippen LogP contribution is 2.28. The normalized spacial score (nSPS) is 15.0. The van der Waals surface area contributed by atoms with E-state index in [-0.39, 0.29) is 11.5 Å². The molecular formula is C37H53N3O4S. The van der Waals surface area contributed by atoms with Crippen LogP contribution >= 0.6 is 11.3 Å². The standard InChI is InChI=1S/C37H53N3O4S/c1-5-7-8-9-10-11-12-15-37(42)44-30(4)40-35-28-32(18-16-31(35)17-19-36(40)41)43-26-14-13-21-38-22-24-39(25-23-38)34(6-2)33-20-27-45-29(33)3/h6,16-20,27-28,30H,5,7-15,21-26H2,1-4H3. The second-order valence-corrected chi connectivity index (χ2v) is 13.3. The summed E-state index contributed by atoms with van der Waals surface area (Å²) < 4.78 is 13.4. The molecule has 1 aromatic carbocycles. The molecule has 1 aliphatic heterocycles. The Balaban J connectivity index is 1.21. The summed E-state index contributed by atoms with van der Waals surface area (Å²) in [6.45, 7) is 14.3. The zero-order chi connectivity index (χ0) is 32.0. The predicted molar refractivity (Wildman–Crippen MR) is 187 cm³/mol. The van der Waals surface area contributed by atoms with Crippen LogP contribution in [0.5, 0.6) is 5.75 Å². The second-order valence-electron chi connectivity index (χ2n) is 12.2. The molecule has 0 spiro atoms. The first-order valence-electron chi connectivity index (χ1n) is 17.1. The minimum Gasteiger partial charge on any atom is -0.494 e. The summed E-state index contributed by atoms with van der Waals surface area (Å²) in [4.78, 5) is 31.9. The number of piperazine rings is 1. The number of allylic oxidation sites excluding steroid dienone is 1. The van der Waals surface area contributed by atoms with E-state index in [1.54, 1.807) is 11.5 Å².